The van der Waals surface area contributed by atoms with E-state index in [1.807, 2.05) is 49.4 Å². The Morgan fingerprint density at radius 3 is 2.82 bits per heavy atom. The van der Waals surface area contributed by atoms with E-state index in [9.17, 15) is 4.79 Å². The summed E-state index contributed by atoms with van der Waals surface area (Å²) in [5, 5.41) is 5.46. The lowest BCUT2D eigenvalue weighted by molar-refractivity contribution is 0.0945. The van der Waals surface area contributed by atoms with Gasteiger partial charge in [-0.3, -0.25) is 4.79 Å². The maximum Gasteiger partial charge on any atom is 0.271 e. The molecule has 0 bridgehead atoms. The van der Waals surface area contributed by atoms with Crippen LogP contribution in [0.5, 0.6) is 17.2 Å². The molecule has 2 heterocycles. The molecule has 0 unspecified atom stereocenters. The van der Waals surface area contributed by atoms with Crippen LogP contribution in [0, 0.1) is 0 Å². The molecule has 0 atom stereocenters. The molecule has 0 aliphatic carbocycles. The van der Waals surface area contributed by atoms with Crippen LogP contribution in [0.15, 0.2) is 47.8 Å². The first-order valence-electron chi connectivity index (χ1n) is 9.09. The minimum Gasteiger partial charge on any atom is -0.494 e. The number of para-hydroxylation sites is 1. The molecule has 0 radical (unpaired) electrons. The highest BCUT2D eigenvalue weighted by Crippen LogP contribution is 2.33. The third kappa shape index (κ3) is 3.94. The fourth-order valence-corrected chi connectivity index (χ4v) is 3.72. The highest BCUT2D eigenvalue weighted by atomic mass is 32.1. The van der Waals surface area contributed by atoms with Gasteiger partial charge in [0.2, 0.25) is 0 Å². The maximum atomic E-state index is 12.5. The topological polar surface area (TPSA) is 69.7 Å². The van der Waals surface area contributed by atoms with E-state index in [0.717, 1.165) is 21.9 Å². The van der Waals surface area contributed by atoms with Crippen molar-refractivity contribution in [1.29, 1.82) is 0 Å². The van der Waals surface area contributed by atoms with Crippen LogP contribution in [0.25, 0.3) is 10.6 Å². The van der Waals surface area contributed by atoms with Gasteiger partial charge in [0.05, 0.1) is 6.61 Å². The van der Waals surface area contributed by atoms with Gasteiger partial charge in [0.1, 0.15) is 29.7 Å². The Bertz CT molecular complexity index is 969. The molecule has 0 saturated heterocycles. The first kappa shape index (κ1) is 18.3. The Kier molecular flexibility index (Phi) is 5.43. The largest absolute Gasteiger partial charge is 0.494 e. The Labute approximate surface area is 167 Å². The van der Waals surface area contributed by atoms with E-state index in [1.54, 1.807) is 5.38 Å². The van der Waals surface area contributed by atoms with Gasteiger partial charge < -0.3 is 19.5 Å². The summed E-state index contributed by atoms with van der Waals surface area (Å²) in [6.45, 7) is 3.97. The predicted molar refractivity (Wildman–Crippen MR) is 107 cm³/mol. The predicted octanol–water partition coefficient (Wildman–Crippen LogP) is 3.91. The van der Waals surface area contributed by atoms with Gasteiger partial charge in [-0.1, -0.05) is 12.1 Å². The fourth-order valence-electron chi connectivity index (χ4n) is 2.91. The van der Waals surface area contributed by atoms with E-state index in [2.05, 4.69) is 10.3 Å². The Balaban J connectivity index is 1.42. The number of aromatic nitrogens is 1. The number of carbonyl (C=O) groups excluding carboxylic acids is 1. The smallest absolute Gasteiger partial charge is 0.271 e. The normalized spacial score (nSPS) is 12.5. The van der Waals surface area contributed by atoms with Gasteiger partial charge in [-0.15, -0.1) is 11.3 Å². The van der Waals surface area contributed by atoms with Crippen molar-refractivity contribution in [3.05, 3.63) is 59.1 Å². The summed E-state index contributed by atoms with van der Waals surface area (Å²) in [4.78, 5) is 17.0. The van der Waals surface area contributed by atoms with Crippen LogP contribution in [-0.2, 0) is 6.54 Å². The summed E-state index contributed by atoms with van der Waals surface area (Å²) >= 11 is 1.44. The summed E-state index contributed by atoms with van der Waals surface area (Å²) in [5.74, 6) is 2.01. The van der Waals surface area contributed by atoms with Gasteiger partial charge in [0.25, 0.3) is 5.91 Å². The van der Waals surface area contributed by atoms with Crippen LogP contribution >= 0.6 is 11.3 Å². The first-order chi connectivity index (χ1) is 13.7. The van der Waals surface area contributed by atoms with Gasteiger partial charge in [-0.2, -0.15) is 0 Å². The number of fused-ring (bicyclic) bond motifs is 1. The van der Waals surface area contributed by atoms with E-state index in [0.29, 0.717) is 43.6 Å². The molecule has 6 nitrogen and oxygen atoms in total. The zero-order valence-electron chi connectivity index (χ0n) is 15.4. The standard InChI is InChI=1S/C21H20N2O4S/c1-2-25-16-8-6-14(7-9-16)21-23-17(13-28-21)20(24)22-12-15-4-3-5-18-19(15)27-11-10-26-18/h3-9,13H,2,10-12H2,1H3,(H,22,24). The first-order valence-corrected chi connectivity index (χ1v) is 9.97. The molecule has 144 valence electrons. The van der Waals surface area contributed by atoms with E-state index < -0.39 is 0 Å². The molecule has 1 amide bonds. The van der Waals surface area contributed by atoms with Crippen molar-refractivity contribution < 1.29 is 19.0 Å². The summed E-state index contributed by atoms with van der Waals surface area (Å²) < 4.78 is 16.7. The molecule has 28 heavy (non-hydrogen) atoms. The van der Waals surface area contributed by atoms with E-state index >= 15 is 0 Å². The van der Waals surface area contributed by atoms with Crippen molar-refractivity contribution >= 4 is 17.2 Å². The molecule has 1 aliphatic heterocycles. The molecule has 1 aliphatic rings. The number of rotatable bonds is 6. The van der Waals surface area contributed by atoms with Crippen molar-refractivity contribution in [1.82, 2.24) is 10.3 Å². The molecule has 0 saturated carbocycles. The Morgan fingerprint density at radius 1 is 1.18 bits per heavy atom. The Morgan fingerprint density at radius 2 is 2.00 bits per heavy atom. The molecule has 4 rings (SSSR count). The highest BCUT2D eigenvalue weighted by Gasteiger charge is 2.17. The molecule has 1 aromatic heterocycles. The molecular formula is C21H20N2O4S. The fraction of sp³-hybridized carbons (Fsp3) is 0.238. The second kappa shape index (κ2) is 8.31. The molecule has 2 aromatic carbocycles. The molecule has 0 fully saturated rings. The minimum atomic E-state index is -0.220. The quantitative estimate of drug-likeness (QED) is 0.684. The number of nitrogens with zero attached hydrogens (tertiary/aromatic N) is 1. The number of carbonyl (C=O) groups is 1. The number of ether oxygens (including phenoxy) is 3. The van der Waals surface area contributed by atoms with Crippen molar-refractivity contribution in [3.8, 4) is 27.8 Å². The monoisotopic (exact) mass is 396 g/mol. The lowest BCUT2D eigenvalue weighted by atomic mass is 10.1. The van der Waals surface area contributed by atoms with Crippen molar-refractivity contribution in [3.63, 3.8) is 0 Å². The molecule has 1 N–H and O–H groups in total. The maximum absolute atomic E-state index is 12.5. The molecule has 3 aromatic rings. The number of hydrogen-bond donors (Lipinski definition) is 1. The second-order valence-corrected chi connectivity index (χ2v) is 6.98. The number of thiazole rings is 1. The molecule has 0 spiro atoms. The van der Waals surface area contributed by atoms with Gasteiger partial charge in [-0.25, -0.2) is 4.98 Å². The van der Waals surface area contributed by atoms with Crippen LogP contribution < -0.4 is 19.5 Å². The van der Waals surface area contributed by atoms with Crippen LogP contribution in [0.4, 0.5) is 0 Å². The zero-order chi connectivity index (χ0) is 19.3. The number of amides is 1. The number of benzene rings is 2. The number of hydrogen-bond acceptors (Lipinski definition) is 6. The molecular weight excluding hydrogens is 376 g/mol. The average molecular weight is 396 g/mol. The van der Waals surface area contributed by atoms with E-state index in [-0.39, 0.29) is 5.91 Å². The van der Waals surface area contributed by atoms with Crippen LogP contribution in [0.1, 0.15) is 23.0 Å². The van der Waals surface area contributed by atoms with Crippen molar-refractivity contribution in [2.24, 2.45) is 0 Å². The van der Waals surface area contributed by atoms with Crippen LogP contribution in [0.2, 0.25) is 0 Å². The third-order valence-corrected chi connectivity index (χ3v) is 5.13. The van der Waals surface area contributed by atoms with Gasteiger partial charge in [0, 0.05) is 23.1 Å². The highest BCUT2D eigenvalue weighted by molar-refractivity contribution is 7.13. The SMILES string of the molecule is CCOc1ccc(-c2nc(C(=O)NCc3cccc4c3OCCO4)cs2)cc1. The second-order valence-electron chi connectivity index (χ2n) is 6.12. The summed E-state index contributed by atoms with van der Waals surface area (Å²) in [7, 11) is 0. The minimum absolute atomic E-state index is 0.220. The van der Waals surface area contributed by atoms with Crippen molar-refractivity contribution in [2.45, 2.75) is 13.5 Å². The van der Waals surface area contributed by atoms with E-state index in [1.165, 1.54) is 11.3 Å². The van der Waals surface area contributed by atoms with Gasteiger partial charge in [-0.05, 0) is 37.3 Å². The summed E-state index contributed by atoms with van der Waals surface area (Å²) in [6, 6.07) is 13.4. The van der Waals surface area contributed by atoms with E-state index in [4.69, 9.17) is 14.2 Å². The zero-order valence-corrected chi connectivity index (χ0v) is 16.3. The summed E-state index contributed by atoms with van der Waals surface area (Å²) in [5.41, 5.74) is 2.23. The van der Waals surface area contributed by atoms with Gasteiger partial charge in [0.15, 0.2) is 11.5 Å². The number of nitrogens with one attached hydrogen (secondary N) is 1. The van der Waals surface area contributed by atoms with Crippen LogP contribution in [0.3, 0.4) is 0 Å². The van der Waals surface area contributed by atoms with Crippen LogP contribution in [-0.4, -0.2) is 30.7 Å². The lowest BCUT2D eigenvalue weighted by Gasteiger charge is -2.21. The summed E-state index contributed by atoms with van der Waals surface area (Å²) in [6.07, 6.45) is 0. The lowest BCUT2D eigenvalue weighted by Crippen LogP contribution is -2.24. The van der Waals surface area contributed by atoms with Crippen molar-refractivity contribution in [2.75, 3.05) is 19.8 Å². The van der Waals surface area contributed by atoms with Gasteiger partial charge >= 0.3 is 0 Å². The molecule has 7 heteroatoms. The average Bonchev–Trinajstić information content (AvgIpc) is 3.23. The third-order valence-electron chi connectivity index (χ3n) is 4.24. The Hall–Kier alpha value is -3.06.